The quantitative estimate of drug-likeness (QED) is 0.866. The summed E-state index contributed by atoms with van der Waals surface area (Å²) in [6, 6.07) is 0. The van der Waals surface area contributed by atoms with Crippen LogP contribution in [0.1, 0.15) is 58.4 Å². The number of aliphatic hydroxyl groups is 1. The Morgan fingerprint density at radius 2 is 2.06 bits per heavy atom. The van der Waals surface area contributed by atoms with Gasteiger partial charge in [-0.1, -0.05) is 19.3 Å². The first kappa shape index (κ1) is 12.5. The van der Waals surface area contributed by atoms with Gasteiger partial charge < -0.3 is 10.2 Å². The van der Waals surface area contributed by atoms with E-state index in [1.807, 2.05) is 0 Å². The number of hydrogen-bond acceptors (Lipinski definition) is 4. The first-order valence-corrected chi connectivity index (χ1v) is 6.87. The standard InChI is InChI=1S/C12H17NO3S/c14-7-6-9-10(12(15)16)13-11(17-9)8-4-2-1-3-5-8/h8,14H,1-7H2,(H,15,16). The van der Waals surface area contributed by atoms with Crippen LogP contribution in [0.3, 0.4) is 0 Å². The topological polar surface area (TPSA) is 70.4 Å². The van der Waals surface area contributed by atoms with Gasteiger partial charge in [0.15, 0.2) is 5.69 Å². The monoisotopic (exact) mass is 255 g/mol. The zero-order valence-electron chi connectivity index (χ0n) is 9.69. The van der Waals surface area contributed by atoms with Gasteiger partial charge in [-0.3, -0.25) is 0 Å². The number of nitrogens with zero attached hydrogens (tertiary/aromatic N) is 1. The third-order valence-corrected chi connectivity index (χ3v) is 4.49. The molecule has 0 bridgehead atoms. The maximum absolute atomic E-state index is 11.1. The van der Waals surface area contributed by atoms with Gasteiger partial charge in [-0.15, -0.1) is 11.3 Å². The molecule has 0 aliphatic heterocycles. The number of thiazole rings is 1. The van der Waals surface area contributed by atoms with Crippen molar-refractivity contribution in [1.29, 1.82) is 0 Å². The number of hydrogen-bond donors (Lipinski definition) is 2. The summed E-state index contributed by atoms with van der Waals surface area (Å²) in [4.78, 5) is 16.0. The predicted octanol–water partition coefficient (Wildman–Crippen LogP) is 2.42. The second-order valence-corrected chi connectivity index (χ2v) is 5.55. The molecule has 1 heterocycles. The SMILES string of the molecule is O=C(O)c1nc(C2CCCCC2)sc1CCO. The largest absolute Gasteiger partial charge is 0.476 e. The Morgan fingerprint density at radius 1 is 1.35 bits per heavy atom. The zero-order chi connectivity index (χ0) is 12.3. The Bertz CT molecular complexity index is 396. The first-order chi connectivity index (χ1) is 8.22. The highest BCUT2D eigenvalue weighted by Crippen LogP contribution is 2.36. The van der Waals surface area contributed by atoms with E-state index in [1.54, 1.807) is 0 Å². The molecule has 0 saturated heterocycles. The highest BCUT2D eigenvalue weighted by molar-refractivity contribution is 7.12. The van der Waals surface area contributed by atoms with Gasteiger partial charge in [0.25, 0.3) is 0 Å². The van der Waals surface area contributed by atoms with Gasteiger partial charge in [0.1, 0.15) is 0 Å². The highest BCUT2D eigenvalue weighted by Gasteiger charge is 2.23. The van der Waals surface area contributed by atoms with E-state index in [1.165, 1.54) is 30.6 Å². The first-order valence-electron chi connectivity index (χ1n) is 6.06. The van der Waals surface area contributed by atoms with Crippen LogP contribution >= 0.6 is 11.3 Å². The fourth-order valence-corrected chi connectivity index (χ4v) is 3.55. The molecule has 0 radical (unpaired) electrons. The van der Waals surface area contributed by atoms with Gasteiger partial charge in [-0.25, -0.2) is 9.78 Å². The van der Waals surface area contributed by atoms with Gasteiger partial charge in [0.05, 0.1) is 5.01 Å². The van der Waals surface area contributed by atoms with Gasteiger partial charge in [0, 0.05) is 23.8 Å². The van der Waals surface area contributed by atoms with Crippen molar-refractivity contribution >= 4 is 17.3 Å². The van der Waals surface area contributed by atoms with E-state index in [9.17, 15) is 4.79 Å². The van der Waals surface area contributed by atoms with Crippen molar-refractivity contribution < 1.29 is 15.0 Å². The van der Waals surface area contributed by atoms with E-state index in [-0.39, 0.29) is 12.3 Å². The molecular weight excluding hydrogens is 238 g/mol. The van der Waals surface area contributed by atoms with Crippen LogP contribution in [0.5, 0.6) is 0 Å². The minimum absolute atomic E-state index is 0.0212. The molecule has 17 heavy (non-hydrogen) atoms. The van der Waals surface area contributed by atoms with Crippen molar-refractivity contribution in [3.8, 4) is 0 Å². The minimum atomic E-state index is -0.980. The molecule has 1 saturated carbocycles. The molecule has 94 valence electrons. The van der Waals surface area contributed by atoms with E-state index >= 15 is 0 Å². The summed E-state index contributed by atoms with van der Waals surface area (Å²) in [5, 5.41) is 18.9. The van der Waals surface area contributed by atoms with Crippen LogP contribution in [0.4, 0.5) is 0 Å². The zero-order valence-corrected chi connectivity index (χ0v) is 10.5. The summed E-state index contributed by atoms with van der Waals surface area (Å²) in [7, 11) is 0. The Labute approximate surface area is 104 Å². The van der Waals surface area contributed by atoms with Crippen LogP contribution in [0.2, 0.25) is 0 Å². The van der Waals surface area contributed by atoms with Crippen LogP contribution in [0.15, 0.2) is 0 Å². The molecule has 0 unspecified atom stereocenters. The Kier molecular flexibility index (Phi) is 4.12. The predicted molar refractivity (Wildman–Crippen MR) is 65.7 cm³/mol. The molecule has 2 N–H and O–H groups in total. The molecule has 0 atom stereocenters. The number of carboxylic acids is 1. The normalized spacial score (nSPS) is 17.2. The van der Waals surface area contributed by atoms with Gasteiger partial charge in [-0.05, 0) is 12.8 Å². The van der Waals surface area contributed by atoms with Crippen LogP contribution < -0.4 is 0 Å². The van der Waals surface area contributed by atoms with Gasteiger partial charge >= 0.3 is 5.97 Å². The summed E-state index contributed by atoms with van der Waals surface area (Å²) in [5.74, 6) is -0.550. The molecule has 2 rings (SSSR count). The minimum Gasteiger partial charge on any atom is -0.476 e. The lowest BCUT2D eigenvalue weighted by atomic mass is 9.90. The number of aromatic nitrogens is 1. The maximum atomic E-state index is 11.1. The molecule has 5 heteroatoms. The van der Waals surface area contributed by atoms with Crippen molar-refractivity contribution in [1.82, 2.24) is 4.98 Å². The fourth-order valence-electron chi connectivity index (χ4n) is 2.33. The second kappa shape index (κ2) is 5.60. The number of rotatable bonds is 4. The smallest absolute Gasteiger partial charge is 0.355 e. The molecule has 0 spiro atoms. The Balaban J connectivity index is 2.22. The third-order valence-electron chi connectivity index (χ3n) is 3.21. The third kappa shape index (κ3) is 2.84. The molecule has 1 aliphatic carbocycles. The van der Waals surface area contributed by atoms with Crippen molar-refractivity contribution in [3.63, 3.8) is 0 Å². The Hall–Kier alpha value is -0.940. The number of aliphatic hydroxyl groups excluding tert-OH is 1. The summed E-state index contributed by atoms with van der Waals surface area (Å²) < 4.78 is 0. The number of carboxylic acid groups (broad SMARTS) is 1. The van der Waals surface area contributed by atoms with Crippen molar-refractivity contribution in [2.75, 3.05) is 6.61 Å². The van der Waals surface area contributed by atoms with Crippen LogP contribution in [-0.4, -0.2) is 27.8 Å². The Morgan fingerprint density at radius 3 is 2.65 bits per heavy atom. The van der Waals surface area contributed by atoms with E-state index in [4.69, 9.17) is 10.2 Å². The van der Waals surface area contributed by atoms with E-state index < -0.39 is 5.97 Å². The van der Waals surface area contributed by atoms with Gasteiger partial charge in [0.2, 0.25) is 0 Å². The van der Waals surface area contributed by atoms with Crippen molar-refractivity contribution in [2.45, 2.75) is 44.4 Å². The summed E-state index contributed by atoms with van der Waals surface area (Å²) in [6.45, 7) is -0.0212. The molecule has 1 fully saturated rings. The lowest BCUT2D eigenvalue weighted by Gasteiger charge is -2.18. The summed E-state index contributed by atoms with van der Waals surface area (Å²) >= 11 is 1.47. The van der Waals surface area contributed by atoms with Crippen LogP contribution in [-0.2, 0) is 6.42 Å². The lowest BCUT2D eigenvalue weighted by Crippen LogP contribution is -2.06. The van der Waals surface area contributed by atoms with E-state index in [0.29, 0.717) is 17.2 Å². The highest BCUT2D eigenvalue weighted by atomic mass is 32.1. The van der Waals surface area contributed by atoms with E-state index in [0.717, 1.165) is 17.8 Å². The second-order valence-electron chi connectivity index (χ2n) is 4.44. The van der Waals surface area contributed by atoms with Crippen LogP contribution in [0.25, 0.3) is 0 Å². The molecule has 1 aromatic rings. The fraction of sp³-hybridized carbons (Fsp3) is 0.667. The summed E-state index contributed by atoms with van der Waals surface area (Å²) in [6.07, 6.45) is 6.32. The number of carbonyl (C=O) groups is 1. The molecular formula is C12H17NO3S. The molecule has 4 nitrogen and oxygen atoms in total. The molecule has 0 aromatic carbocycles. The average molecular weight is 255 g/mol. The molecule has 0 amide bonds. The van der Waals surface area contributed by atoms with Crippen molar-refractivity contribution in [3.05, 3.63) is 15.6 Å². The van der Waals surface area contributed by atoms with Crippen molar-refractivity contribution in [2.24, 2.45) is 0 Å². The van der Waals surface area contributed by atoms with Crippen LogP contribution in [0, 0.1) is 0 Å². The molecule has 1 aromatic heterocycles. The lowest BCUT2D eigenvalue weighted by molar-refractivity contribution is 0.0689. The average Bonchev–Trinajstić information content (AvgIpc) is 2.75. The van der Waals surface area contributed by atoms with E-state index in [2.05, 4.69) is 4.98 Å². The maximum Gasteiger partial charge on any atom is 0.355 e. The molecule has 1 aliphatic rings. The number of aromatic carboxylic acids is 1. The van der Waals surface area contributed by atoms with Gasteiger partial charge in [-0.2, -0.15) is 0 Å². The summed E-state index contributed by atoms with van der Waals surface area (Å²) in [5.41, 5.74) is 0.143.